The second kappa shape index (κ2) is 6.33. The Balaban J connectivity index is 2.24. The Morgan fingerprint density at radius 2 is 2.07 bits per heavy atom. The summed E-state index contributed by atoms with van der Waals surface area (Å²) in [7, 11) is 0. The molecular formula is C11H20ClNO2. The van der Waals surface area contributed by atoms with Gasteiger partial charge in [-0.25, -0.2) is 0 Å². The molecule has 1 fully saturated rings. The average molecular weight is 234 g/mol. The number of ether oxygens (including phenoxy) is 1. The van der Waals surface area contributed by atoms with Crippen molar-refractivity contribution < 1.29 is 9.53 Å². The fourth-order valence-electron chi connectivity index (χ4n) is 1.67. The van der Waals surface area contributed by atoms with E-state index in [1.807, 2.05) is 18.7 Å². The van der Waals surface area contributed by atoms with Crippen molar-refractivity contribution in [3.63, 3.8) is 0 Å². The lowest BCUT2D eigenvalue weighted by Gasteiger charge is -2.31. The van der Waals surface area contributed by atoms with Gasteiger partial charge in [0.25, 0.3) is 0 Å². The van der Waals surface area contributed by atoms with E-state index in [2.05, 4.69) is 0 Å². The highest BCUT2D eigenvalue weighted by atomic mass is 35.5. The molecule has 3 nitrogen and oxygen atoms in total. The molecule has 1 amide bonds. The highest BCUT2D eigenvalue weighted by molar-refractivity contribution is 6.18. The Labute approximate surface area is 96.7 Å². The van der Waals surface area contributed by atoms with Crippen LogP contribution >= 0.6 is 11.6 Å². The third-order valence-electron chi connectivity index (χ3n) is 2.73. The first-order valence-electron chi connectivity index (χ1n) is 5.58. The van der Waals surface area contributed by atoms with Crippen LogP contribution in [0.3, 0.4) is 0 Å². The van der Waals surface area contributed by atoms with E-state index in [9.17, 15) is 4.79 Å². The molecule has 1 heterocycles. The summed E-state index contributed by atoms with van der Waals surface area (Å²) in [5, 5.41) is 0. The highest BCUT2D eigenvalue weighted by Gasteiger charge is 2.22. The maximum atomic E-state index is 11.7. The summed E-state index contributed by atoms with van der Waals surface area (Å²) >= 11 is 5.78. The van der Waals surface area contributed by atoms with Crippen molar-refractivity contribution in [1.29, 1.82) is 0 Å². The van der Waals surface area contributed by atoms with Crippen LogP contribution in [0.2, 0.25) is 0 Å². The highest BCUT2D eigenvalue weighted by Crippen LogP contribution is 2.18. The molecule has 1 aliphatic rings. The van der Waals surface area contributed by atoms with Gasteiger partial charge in [0.05, 0.1) is 6.10 Å². The van der Waals surface area contributed by atoms with Crippen LogP contribution in [0.1, 0.15) is 26.7 Å². The number of likely N-dealkylation sites (tertiary alicyclic amines) is 1. The van der Waals surface area contributed by atoms with E-state index >= 15 is 0 Å². The van der Waals surface area contributed by atoms with Gasteiger partial charge in [-0.3, -0.25) is 4.79 Å². The van der Waals surface area contributed by atoms with Crippen molar-refractivity contribution in [3.05, 3.63) is 0 Å². The van der Waals surface area contributed by atoms with E-state index in [0.29, 0.717) is 11.8 Å². The van der Waals surface area contributed by atoms with Gasteiger partial charge in [-0.15, -0.1) is 11.6 Å². The lowest BCUT2D eigenvalue weighted by molar-refractivity contribution is -0.138. The van der Waals surface area contributed by atoms with Crippen LogP contribution in [0.25, 0.3) is 0 Å². The summed E-state index contributed by atoms with van der Waals surface area (Å²) in [5.74, 6) is 1.41. The van der Waals surface area contributed by atoms with Gasteiger partial charge in [-0.05, 0) is 32.6 Å². The number of carbonyl (C=O) groups excluding carboxylic acids is 1. The minimum Gasteiger partial charge on any atom is -0.369 e. The first kappa shape index (κ1) is 12.8. The molecule has 0 N–H and O–H groups in total. The summed E-state index contributed by atoms with van der Waals surface area (Å²) in [6.45, 7) is 5.75. The van der Waals surface area contributed by atoms with Gasteiger partial charge >= 0.3 is 0 Å². The van der Waals surface area contributed by atoms with E-state index in [-0.39, 0.29) is 18.6 Å². The molecule has 0 unspecified atom stereocenters. The lowest BCUT2D eigenvalue weighted by Crippen LogP contribution is -2.41. The molecule has 0 aromatic rings. The van der Waals surface area contributed by atoms with Crippen LogP contribution < -0.4 is 0 Å². The Bertz CT molecular complexity index is 201. The van der Waals surface area contributed by atoms with Crippen LogP contribution in [0.15, 0.2) is 0 Å². The number of halogens is 1. The van der Waals surface area contributed by atoms with Gasteiger partial charge in [-0.1, -0.05) is 0 Å². The van der Waals surface area contributed by atoms with Gasteiger partial charge in [0.2, 0.25) is 5.91 Å². The molecule has 0 aliphatic carbocycles. The topological polar surface area (TPSA) is 29.5 Å². The first-order valence-corrected chi connectivity index (χ1v) is 6.12. The van der Waals surface area contributed by atoms with Crippen LogP contribution in [0.4, 0.5) is 0 Å². The Hall–Kier alpha value is -0.280. The van der Waals surface area contributed by atoms with E-state index < -0.39 is 0 Å². The maximum absolute atomic E-state index is 11.7. The van der Waals surface area contributed by atoms with Gasteiger partial charge < -0.3 is 9.64 Å². The number of amides is 1. The smallest absolute Gasteiger partial charge is 0.248 e. The fourth-order valence-corrected chi connectivity index (χ4v) is 1.97. The van der Waals surface area contributed by atoms with E-state index in [4.69, 9.17) is 16.3 Å². The van der Waals surface area contributed by atoms with Crippen molar-refractivity contribution in [2.24, 2.45) is 5.92 Å². The Kier molecular flexibility index (Phi) is 5.40. The molecule has 0 bridgehead atoms. The van der Waals surface area contributed by atoms with Gasteiger partial charge in [0.15, 0.2) is 0 Å². The third-order valence-corrected chi connectivity index (χ3v) is 3.16. The van der Waals surface area contributed by atoms with Crippen molar-refractivity contribution in [2.75, 3.05) is 25.6 Å². The minimum atomic E-state index is 0.108. The molecular weight excluding hydrogens is 214 g/mol. The summed E-state index contributed by atoms with van der Waals surface area (Å²) < 4.78 is 5.29. The second-order valence-corrected chi connectivity index (χ2v) is 4.65. The molecule has 0 radical (unpaired) electrons. The first-order chi connectivity index (χ1) is 7.13. The zero-order valence-electron chi connectivity index (χ0n) is 9.54. The Morgan fingerprint density at radius 3 is 2.53 bits per heavy atom. The van der Waals surface area contributed by atoms with Gasteiger partial charge in [-0.2, -0.15) is 0 Å². The number of piperidine rings is 1. The van der Waals surface area contributed by atoms with Crippen LogP contribution in [0.5, 0.6) is 0 Å². The zero-order chi connectivity index (χ0) is 11.3. The van der Waals surface area contributed by atoms with Crippen LogP contribution in [-0.4, -0.2) is 42.5 Å². The Morgan fingerprint density at radius 1 is 1.47 bits per heavy atom. The number of rotatable bonds is 4. The molecule has 88 valence electrons. The fraction of sp³-hybridized carbons (Fsp3) is 0.909. The number of nitrogens with zero attached hydrogens (tertiary/aromatic N) is 1. The predicted octanol–water partition coefficient (Wildman–Crippen LogP) is 1.89. The van der Waals surface area contributed by atoms with Crippen molar-refractivity contribution in [2.45, 2.75) is 32.8 Å². The number of hydrogen-bond donors (Lipinski definition) is 0. The van der Waals surface area contributed by atoms with Gasteiger partial charge in [0, 0.05) is 19.0 Å². The number of hydrogen-bond acceptors (Lipinski definition) is 2. The van der Waals surface area contributed by atoms with Crippen molar-refractivity contribution in [3.8, 4) is 0 Å². The molecule has 15 heavy (non-hydrogen) atoms. The maximum Gasteiger partial charge on any atom is 0.248 e. The minimum absolute atomic E-state index is 0.108. The zero-order valence-corrected chi connectivity index (χ0v) is 10.3. The number of alkyl halides is 1. The molecule has 0 saturated carbocycles. The average Bonchev–Trinajstić information content (AvgIpc) is 2.26. The molecule has 0 spiro atoms. The second-order valence-electron chi connectivity index (χ2n) is 4.34. The lowest BCUT2D eigenvalue weighted by atomic mass is 9.99. The molecule has 1 rings (SSSR count). The normalized spacial score (nSPS) is 18.5. The van der Waals surface area contributed by atoms with E-state index in [0.717, 1.165) is 25.9 Å². The molecule has 0 aromatic heterocycles. The largest absolute Gasteiger partial charge is 0.369 e. The van der Waals surface area contributed by atoms with Crippen LogP contribution in [0, 0.1) is 5.92 Å². The molecule has 0 aromatic carbocycles. The SMILES string of the molecule is CC(C)OCC(=O)N1CCC(CCl)CC1. The van der Waals surface area contributed by atoms with Crippen molar-refractivity contribution >= 4 is 17.5 Å². The molecule has 0 atom stereocenters. The molecule has 1 saturated heterocycles. The third kappa shape index (κ3) is 4.39. The molecule has 4 heteroatoms. The summed E-state index contributed by atoms with van der Waals surface area (Å²) in [5.41, 5.74) is 0. The number of carbonyl (C=O) groups is 1. The summed E-state index contributed by atoms with van der Waals surface area (Å²) in [6.07, 6.45) is 2.17. The standard InChI is InChI=1S/C11H20ClNO2/c1-9(2)15-8-11(14)13-5-3-10(7-12)4-6-13/h9-10H,3-8H2,1-2H3. The van der Waals surface area contributed by atoms with Crippen molar-refractivity contribution in [1.82, 2.24) is 4.90 Å². The summed E-state index contributed by atoms with van der Waals surface area (Å²) in [6, 6.07) is 0. The summed E-state index contributed by atoms with van der Waals surface area (Å²) in [4.78, 5) is 13.5. The van der Waals surface area contributed by atoms with Gasteiger partial charge in [0.1, 0.15) is 6.61 Å². The van der Waals surface area contributed by atoms with E-state index in [1.54, 1.807) is 0 Å². The molecule has 1 aliphatic heterocycles. The predicted molar refractivity (Wildman–Crippen MR) is 61.1 cm³/mol. The quantitative estimate of drug-likeness (QED) is 0.694. The van der Waals surface area contributed by atoms with Crippen LogP contribution in [-0.2, 0) is 9.53 Å². The van der Waals surface area contributed by atoms with E-state index in [1.165, 1.54) is 0 Å². The monoisotopic (exact) mass is 233 g/mol.